The zero-order valence-electron chi connectivity index (χ0n) is 7.93. The van der Waals surface area contributed by atoms with Crippen LogP contribution in [0.3, 0.4) is 0 Å². The Bertz CT molecular complexity index is 549. The van der Waals surface area contributed by atoms with Crippen LogP contribution >= 0.6 is 0 Å². The topological polar surface area (TPSA) is 32.9 Å². The highest BCUT2D eigenvalue weighted by Gasteiger charge is 2.13. The zero-order valence-corrected chi connectivity index (χ0v) is 7.93. The molecule has 0 spiro atoms. The molecule has 0 fully saturated rings. The summed E-state index contributed by atoms with van der Waals surface area (Å²) in [7, 11) is 0. The number of aromatic amines is 1. The Labute approximate surface area is 88.4 Å². The van der Waals surface area contributed by atoms with Gasteiger partial charge in [0.05, 0.1) is 5.56 Å². The Morgan fingerprint density at radius 1 is 1.00 bits per heavy atom. The van der Waals surface area contributed by atoms with Crippen LogP contribution < -0.4 is 5.56 Å². The second-order valence-electron chi connectivity index (χ2n) is 3.19. The first-order valence-electron chi connectivity index (χ1n) is 4.41. The Morgan fingerprint density at radius 2 is 1.62 bits per heavy atom. The van der Waals surface area contributed by atoms with Crippen LogP contribution in [0.4, 0.5) is 13.2 Å². The Morgan fingerprint density at radius 3 is 2.12 bits per heavy atom. The van der Waals surface area contributed by atoms with Crippen LogP contribution in [0.5, 0.6) is 0 Å². The lowest BCUT2D eigenvalue weighted by Crippen LogP contribution is -2.02. The predicted octanol–water partition coefficient (Wildman–Crippen LogP) is 2.46. The van der Waals surface area contributed by atoms with Gasteiger partial charge in [-0.3, -0.25) is 4.79 Å². The largest absolute Gasteiger partial charge is 0.328 e. The van der Waals surface area contributed by atoms with Gasteiger partial charge in [-0.2, -0.15) is 0 Å². The molecule has 2 nitrogen and oxygen atoms in total. The molecule has 0 aliphatic heterocycles. The summed E-state index contributed by atoms with van der Waals surface area (Å²) in [4.78, 5) is 13.1. The number of benzene rings is 1. The number of H-pyrrole nitrogens is 1. The van der Waals surface area contributed by atoms with E-state index in [1.807, 2.05) is 0 Å². The van der Waals surface area contributed by atoms with Crippen molar-refractivity contribution in [1.29, 1.82) is 0 Å². The molecule has 0 aliphatic carbocycles. The Balaban J connectivity index is 2.64. The normalized spacial score (nSPS) is 10.4. The van der Waals surface area contributed by atoms with Crippen LogP contribution in [0.1, 0.15) is 0 Å². The molecule has 0 saturated heterocycles. The van der Waals surface area contributed by atoms with Gasteiger partial charge in [-0.15, -0.1) is 0 Å². The third-order valence-corrected chi connectivity index (χ3v) is 2.08. The molecule has 2 rings (SSSR count). The van der Waals surface area contributed by atoms with Crippen LogP contribution in [0.25, 0.3) is 11.1 Å². The summed E-state index contributed by atoms with van der Waals surface area (Å²) in [6.07, 6.45) is 1.17. The third kappa shape index (κ3) is 1.84. The molecular weight excluding hydrogens is 219 g/mol. The summed E-state index contributed by atoms with van der Waals surface area (Å²) in [6.45, 7) is 0. The van der Waals surface area contributed by atoms with Crippen molar-refractivity contribution < 1.29 is 13.2 Å². The number of hydrogen-bond donors (Lipinski definition) is 1. The molecule has 16 heavy (non-hydrogen) atoms. The maximum atomic E-state index is 13.3. The van der Waals surface area contributed by atoms with Crippen molar-refractivity contribution in [2.24, 2.45) is 0 Å². The fourth-order valence-electron chi connectivity index (χ4n) is 1.38. The first-order chi connectivity index (χ1) is 7.58. The van der Waals surface area contributed by atoms with Gasteiger partial charge in [0.15, 0.2) is 0 Å². The van der Waals surface area contributed by atoms with Crippen molar-refractivity contribution in [1.82, 2.24) is 4.98 Å². The van der Waals surface area contributed by atoms with Gasteiger partial charge in [-0.1, -0.05) is 0 Å². The van der Waals surface area contributed by atoms with E-state index in [4.69, 9.17) is 0 Å². The molecule has 1 heterocycles. The average Bonchev–Trinajstić information content (AvgIpc) is 2.19. The Kier molecular flexibility index (Phi) is 2.52. The molecule has 0 amide bonds. The van der Waals surface area contributed by atoms with E-state index in [9.17, 15) is 18.0 Å². The van der Waals surface area contributed by atoms with Crippen molar-refractivity contribution in [3.05, 3.63) is 58.3 Å². The summed E-state index contributed by atoms with van der Waals surface area (Å²) in [5.41, 5.74) is -0.598. The summed E-state index contributed by atoms with van der Waals surface area (Å²) in [5.74, 6) is -3.00. The van der Waals surface area contributed by atoms with Gasteiger partial charge < -0.3 is 4.98 Å². The molecule has 0 radical (unpaired) electrons. The standard InChI is InChI=1S/C11H6F3NO/c12-7-3-8(13)11(9(14)4-7)6-1-2-10(16)15-5-6/h1-5H,(H,15,16). The van der Waals surface area contributed by atoms with Crippen molar-refractivity contribution >= 4 is 0 Å². The average molecular weight is 225 g/mol. The molecule has 82 valence electrons. The number of hydrogen-bond acceptors (Lipinski definition) is 1. The first kappa shape index (κ1) is 10.5. The van der Waals surface area contributed by atoms with Gasteiger partial charge in [0.25, 0.3) is 0 Å². The van der Waals surface area contributed by atoms with Gasteiger partial charge in [-0.25, -0.2) is 13.2 Å². The van der Waals surface area contributed by atoms with Gasteiger partial charge >= 0.3 is 0 Å². The molecular formula is C11H6F3NO. The third-order valence-electron chi connectivity index (χ3n) is 2.08. The smallest absolute Gasteiger partial charge is 0.247 e. The van der Waals surface area contributed by atoms with Crippen LogP contribution in [0.15, 0.2) is 35.3 Å². The number of nitrogens with one attached hydrogen (secondary N) is 1. The molecule has 0 unspecified atom stereocenters. The van der Waals surface area contributed by atoms with E-state index in [1.165, 1.54) is 12.3 Å². The van der Waals surface area contributed by atoms with E-state index in [1.54, 1.807) is 0 Å². The lowest BCUT2D eigenvalue weighted by atomic mass is 10.1. The van der Waals surface area contributed by atoms with Crippen molar-refractivity contribution in [3.63, 3.8) is 0 Å². The van der Waals surface area contributed by atoms with Crippen molar-refractivity contribution in [2.75, 3.05) is 0 Å². The van der Waals surface area contributed by atoms with E-state index in [0.29, 0.717) is 12.1 Å². The highest BCUT2D eigenvalue weighted by Crippen LogP contribution is 2.25. The lowest BCUT2D eigenvalue weighted by molar-refractivity contribution is 0.548. The van der Waals surface area contributed by atoms with Crippen molar-refractivity contribution in [3.8, 4) is 11.1 Å². The number of pyridine rings is 1. The Hall–Kier alpha value is -2.04. The molecule has 1 aromatic heterocycles. The summed E-state index contributed by atoms with van der Waals surface area (Å²) in [6, 6.07) is 3.57. The molecule has 0 atom stereocenters. The van der Waals surface area contributed by atoms with E-state index in [0.717, 1.165) is 6.07 Å². The van der Waals surface area contributed by atoms with Crippen LogP contribution in [0, 0.1) is 17.5 Å². The zero-order chi connectivity index (χ0) is 11.7. The fraction of sp³-hybridized carbons (Fsp3) is 0. The molecule has 5 heteroatoms. The number of aromatic nitrogens is 1. The first-order valence-corrected chi connectivity index (χ1v) is 4.41. The quantitative estimate of drug-likeness (QED) is 0.794. The van der Waals surface area contributed by atoms with Crippen molar-refractivity contribution in [2.45, 2.75) is 0 Å². The summed E-state index contributed by atoms with van der Waals surface area (Å²) in [5, 5.41) is 0. The predicted molar refractivity (Wildman–Crippen MR) is 52.4 cm³/mol. The van der Waals surface area contributed by atoms with Gasteiger partial charge in [0.2, 0.25) is 5.56 Å². The number of halogens is 3. The minimum absolute atomic E-state index is 0.148. The van der Waals surface area contributed by atoms with Gasteiger partial charge in [0, 0.05) is 30.0 Å². The minimum atomic E-state index is -1.01. The van der Waals surface area contributed by atoms with E-state index < -0.39 is 17.5 Å². The lowest BCUT2D eigenvalue weighted by Gasteiger charge is -2.04. The van der Waals surface area contributed by atoms with E-state index >= 15 is 0 Å². The molecule has 0 saturated carbocycles. The monoisotopic (exact) mass is 225 g/mol. The maximum Gasteiger partial charge on any atom is 0.247 e. The summed E-state index contributed by atoms with van der Waals surface area (Å²) >= 11 is 0. The number of rotatable bonds is 1. The molecule has 1 aromatic carbocycles. The van der Waals surface area contributed by atoms with E-state index in [-0.39, 0.29) is 16.7 Å². The SMILES string of the molecule is O=c1ccc(-c2c(F)cc(F)cc2F)c[nH]1. The molecule has 2 aromatic rings. The van der Waals surface area contributed by atoms with E-state index in [2.05, 4.69) is 4.98 Å². The maximum absolute atomic E-state index is 13.3. The van der Waals surface area contributed by atoms with Crippen LogP contribution in [0.2, 0.25) is 0 Å². The molecule has 0 bridgehead atoms. The van der Waals surface area contributed by atoms with Gasteiger partial charge in [0.1, 0.15) is 17.5 Å². The summed E-state index contributed by atoms with van der Waals surface area (Å²) < 4.78 is 39.3. The van der Waals surface area contributed by atoms with Gasteiger partial charge in [-0.05, 0) is 6.07 Å². The van der Waals surface area contributed by atoms with Crippen LogP contribution in [-0.2, 0) is 0 Å². The highest BCUT2D eigenvalue weighted by atomic mass is 19.1. The molecule has 0 aliphatic rings. The molecule has 1 N–H and O–H groups in total. The fourth-order valence-corrected chi connectivity index (χ4v) is 1.38. The van der Waals surface area contributed by atoms with Crippen LogP contribution in [-0.4, -0.2) is 4.98 Å². The highest BCUT2D eigenvalue weighted by molar-refractivity contribution is 5.63. The second-order valence-corrected chi connectivity index (χ2v) is 3.19. The second kappa shape index (κ2) is 3.84. The minimum Gasteiger partial charge on any atom is -0.328 e.